The second kappa shape index (κ2) is 8.05. The number of hydrogen-bond acceptors (Lipinski definition) is 4. The van der Waals surface area contributed by atoms with Gasteiger partial charge in [0.25, 0.3) is 17.7 Å². The van der Waals surface area contributed by atoms with Crippen LogP contribution in [0.25, 0.3) is 0 Å². The van der Waals surface area contributed by atoms with Gasteiger partial charge in [-0.3, -0.25) is 19.3 Å². The fourth-order valence-corrected chi connectivity index (χ4v) is 3.25. The normalized spacial score (nSPS) is 12.7. The van der Waals surface area contributed by atoms with Crippen LogP contribution in [0.2, 0.25) is 0 Å². The molecule has 0 radical (unpaired) electrons. The van der Waals surface area contributed by atoms with Gasteiger partial charge >= 0.3 is 0 Å². The Hall–Kier alpha value is -3.46. The average molecular weight is 375 g/mol. The smallest absolute Gasteiger partial charge is 0.261 e. The van der Waals surface area contributed by atoms with Crippen LogP contribution >= 0.6 is 0 Å². The Morgan fingerprint density at radius 2 is 1.86 bits per heavy atom. The maximum atomic E-state index is 12.8. The highest BCUT2D eigenvalue weighted by molar-refractivity contribution is 6.22. The molecule has 0 atom stereocenters. The summed E-state index contributed by atoms with van der Waals surface area (Å²) in [6, 6.07) is 13.8. The van der Waals surface area contributed by atoms with E-state index in [1.165, 1.54) is 15.9 Å². The largest absolute Gasteiger partial charge is 0.337 e. The number of unbranched alkanes of at least 4 members (excludes halogenated alkanes) is 1. The maximum absolute atomic E-state index is 12.8. The van der Waals surface area contributed by atoms with Crippen LogP contribution in [0.4, 0.5) is 0 Å². The Kier molecular flexibility index (Phi) is 5.55. The topological polar surface area (TPSA) is 81.5 Å². The van der Waals surface area contributed by atoms with Crippen LogP contribution in [0.3, 0.4) is 0 Å². The Morgan fingerprint density at radius 3 is 2.57 bits per heavy atom. The van der Waals surface area contributed by atoms with E-state index in [9.17, 15) is 14.4 Å². The molecule has 0 spiro atoms. The number of benzene rings is 2. The van der Waals surface area contributed by atoms with E-state index in [0.717, 1.165) is 18.4 Å². The molecule has 0 saturated heterocycles. The third-order valence-electron chi connectivity index (χ3n) is 4.78. The van der Waals surface area contributed by atoms with E-state index >= 15 is 0 Å². The molecule has 28 heavy (non-hydrogen) atoms. The van der Waals surface area contributed by atoms with Crippen LogP contribution in [0, 0.1) is 11.3 Å². The predicted molar refractivity (Wildman–Crippen MR) is 104 cm³/mol. The number of fused-ring (bicyclic) bond motifs is 1. The van der Waals surface area contributed by atoms with Crippen molar-refractivity contribution in [2.45, 2.75) is 26.3 Å². The van der Waals surface area contributed by atoms with Crippen LogP contribution in [0.5, 0.6) is 0 Å². The summed E-state index contributed by atoms with van der Waals surface area (Å²) in [4.78, 5) is 40.5. The molecule has 0 saturated carbocycles. The lowest BCUT2D eigenvalue weighted by molar-refractivity contribution is 0.0652. The number of carbonyl (C=O) groups is 3. The SMILES string of the molecule is CCCCN1C(=O)c2ccc(C(=O)N(C)Cc3cccc(C#N)c3)cc2C1=O. The third kappa shape index (κ3) is 3.65. The second-order valence-electron chi connectivity index (χ2n) is 6.85. The Balaban J connectivity index is 1.79. The molecule has 0 bridgehead atoms. The number of nitriles is 1. The zero-order valence-corrected chi connectivity index (χ0v) is 15.9. The number of imide groups is 1. The second-order valence-corrected chi connectivity index (χ2v) is 6.85. The number of rotatable bonds is 6. The van der Waals surface area contributed by atoms with Crippen LogP contribution in [0.1, 0.15) is 62.0 Å². The van der Waals surface area contributed by atoms with E-state index in [1.807, 2.05) is 13.0 Å². The van der Waals surface area contributed by atoms with Crippen molar-refractivity contribution in [3.05, 3.63) is 70.3 Å². The van der Waals surface area contributed by atoms with E-state index in [-0.39, 0.29) is 23.3 Å². The lowest BCUT2D eigenvalue weighted by atomic mass is 10.0. The Bertz CT molecular complexity index is 991. The summed E-state index contributed by atoms with van der Waals surface area (Å²) in [5, 5.41) is 9.00. The minimum absolute atomic E-state index is 0.252. The summed E-state index contributed by atoms with van der Waals surface area (Å²) in [6.45, 7) is 2.72. The van der Waals surface area contributed by atoms with Gasteiger partial charge in [-0.1, -0.05) is 25.5 Å². The fourth-order valence-electron chi connectivity index (χ4n) is 3.25. The molecule has 1 heterocycles. The maximum Gasteiger partial charge on any atom is 0.261 e. The van der Waals surface area contributed by atoms with Crippen molar-refractivity contribution < 1.29 is 14.4 Å². The highest BCUT2D eigenvalue weighted by atomic mass is 16.2. The summed E-state index contributed by atoms with van der Waals surface area (Å²) in [6.07, 6.45) is 1.64. The number of carbonyl (C=O) groups excluding carboxylic acids is 3. The minimum Gasteiger partial charge on any atom is -0.337 e. The standard InChI is InChI=1S/C22H21N3O3/c1-3-4-10-25-21(27)18-9-8-17(12-19(18)22(25)28)20(26)24(2)14-16-7-5-6-15(11-16)13-23/h5-9,11-12H,3-4,10,14H2,1-2H3. The summed E-state index contributed by atoms with van der Waals surface area (Å²) in [5.74, 6) is -0.890. The van der Waals surface area contributed by atoms with Gasteiger partial charge in [0.05, 0.1) is 22.8 Å². The minimum atomic E-state index is -0.340. The molecule has 1 aliphatic rings. The molecular weight excluding hydrogens is 354 g/mol. The van der Waals surface area contributed by atoms with Crippen molar-refractivity contribution in [3.8, 4) is 6.07 Å². The first kappa shape index (κ1) is 19.3. The zero-order valence-electron chi connectivity index (χ0n) is 15.9. The van der Waals surface area contributed by atoms with Crippen molar-refractivity contribution in [2.24, 2.45) is 0 Å². The lowest BCUT2D eigenvalue weighted by Crippen LogP contribution is -2.30. The van der Waals surface area contributed by atoms with E-state index < -0.39 is 0 Å². The molecule has 6 nitrogen and oxygen atoms in total. The zero-order chi connectivity index (χ0) is 20.3. The monoisotopic (exact) mass is 375 g/mol. The molecule has 2 aromatic rings. The van der Waals surface area contributed by atoms with E-state index in [1.54, 1.807) is 37.4 Å². The highest BCUT2D eigenvalue weighted by Crippen LogP contribution is 2.25. The molecule has 0 aromatic heterocycles. The van der Waals surface area contributed by atoms with Gasteiger partial charge in [0.1, 0.15) is 0 Å². The van der Waals surface area contributed by atoms with Gasteiger partial charge in [-0.15, -0.1) is 0 Å². The molecule has 0 unspecified atom stereocenters. The van der Waals surface area contributed by atoms with Gasteiger partial charge < -0.3 is 4.90 Å². The molecule has 0 fully saturated rings. The highest BCUT2D eigenvalue weighted by Gasteiger charge is 2.35. The van der Waals surface area contributed by atoms with Gasteiger partial charge in [-0.2, -0.15) is 5.26 Å². The van der Waals surface area contributed by atoms with Gasteiger partial charge in [-0.05, 0) is 42.3 Å². The van der Waals surface area contributed by atoms with Crippen molar-refractivity contribution in [2.75, 3.05) is 13.6 Å². The first-order valence-electron chi connectivity index (χ1n) is 9.21. The number of nitrogens with zero attached hydrogens (tertiary/aromatic N) is 3. The van der Waals surface area contributed by atoms with Crippen molar-refractivity contribution >= 4 is 17.7 Å². The molecule has 2 aromatic carbocycles. The first-order chi connectivity index (χ1) is 13.5. The molecule has 0 aliphatic carbocycles. The summed E-state index contributed by atoms with van der Waals surface area (Å²) in [7, 11) is 1.66. The van der Waals surface area contributed by atoms with Crippen molar-refractivity contribution in [1.82, 2.24) is 9.80 Å². The molecular formula is C22H21N3O3. The van der Waals surface area contributed by atoms with Crippen molar-refractivity contribution in [3.63, 3.8) is 0 Å². The first-order valence-corrected chi connectivity index (χ1v) is 9.21. The van der Waals surface area contributed by atoms with Gasteiger partial charge in [0.15, 0.2) is 0 Å². The van der Waals surface area contributed by atoms with E-state index in [2.05, 4.69) is 6.07 Å². The molecule has 142 valence electrons. The van der Waals surface area contributed by atoms with E-state index in [4.69, 9.17) is 5.26 Å². The number of hydrogen-bond donors (Lipinski definition) is 0. The summed E-state index contributed by atoms with van der Waals surface area (Å²) in [5.41, 5.74) is 2.37. The van der Waals surface area contributed by atoms with Crippen LogP contribution in [-0.2, 0) is 6.54 Å². The summed E-state index contributed by atoms with van der Waals surface area (Å²) >= 11 is 0. The van der Waals surface area contributed by atoms with Crippen LogP contribution in [0.15, 0.2) is 42.5 Å². The molecule has 3 amide bonds. The molecule has 3 rings (SSSR count). The number of amides is 3. The van der Waals surface area contributed by atoms with Crippen molar-refractivity contribution in [1.29, 1.82) is 5.26 Å². The quantitative estimate of drug-likeness (QED) is 0.726. The average Bonchev–Trinajstić information content (AvgIpc) is 2.95. The van der Waals surface area contributed by atoms with E-state index in [0.29, 0.717) is 29.8 Å². The van der Waals surface area contributed by atoms with Gasteiger partial charge in [0.2, 0.25) is 0 Å². The molecule has 1 aliphatic heterocycles. The fraction of sp³-hybridized carbons (Fsp3) is 0.273. The van der Waals surface area contributed by atoms with Gasteiger partial charge in [-0.25, -0.2) is 0 Å². The Labute approximate surface area is 164 Å². The van der Waals surface area contributed by atoms with Crippen LogP contribution in [-0.4, -0.2) is 41.1 Å². The van der Waals surface area contributed by atoms with Gasteiger partial charge in [0, 0.05) is 25.7 Å². The van der Waals surface area contributed by atoms with Crippen LogP contribution < -0.4 is 0 Å². The predicted octanol–water partition coefficient (Wildman–Crippen LogP) is 3.23. The molecule has 0 N–H and O–H groups in total. The third-order valence-corrected chi connectivity index (χ3v) is 4.78. The lowest BCUT2D eigenvalue weighted by Gasteiger charge is -2.17. The summed E-state index contributed by atoms with van der Waals surface area (Å²) < 4.78 is 0. The Morgan fingerprint density at radius 1 is 1.11 bits per heavy atom. The molecule has 6 heteroatoms.